The van der Waals surface area contributed by atoms with Crippen molar-refractivity contribution in [2.24, 2.45) is 10.7 Å². The minimum absolute atomic E-state index is 0.178. The van der Waals surface area contributed by atoms with E-state index in [9.17, 15) is 5.26 Å². The van der Waals surface area contributed by atoms with Gasteiger partial charge in [-0.1, -0.05) is 11.7 Å². The summed E-state index contributed by atoms with van der Waals surface area (Å²) in [5.41, 5.74) is 16.4. The van der Waals surface area contributed by atoms with Gasteiger partial charge in [0.2, 0.25) is 11.8 Å². The van der Waals surface area contributed by atoms with Gasteiger partial charge in [-0.05, 0) is 82.7 Å². The van der Waals surface area contributed by atoms with Gasteiger partial charge in [-0.25, -0.2) is 9.97 Å². The van der Waals surface area contributed by atoms with Crippen LogP contribution in [0, 0.1) is 11.3 Å². The van der Waals surface area contributed by atoms with Gasteiger partial charge in [0.05, 0.1) is 34.6 Å². The monoisotopic (exact) mass is 651 g/mol. The number of oxazole rings is 1. The Balaban J connectivity index is 1.29. The number of likely N-dealkylation sites (tertiary alicyclic amines) is 1. The first kappa shape index (κ1) is 30.8. The summed E-state index contributed by atoms with van der Waals surface area (Å²) in [6, 6.07) is 4.29. The molecule has 2 aliphatic carbocycles. The number of ether oxygens (including phenoxy) is 1. The number of fused-ring (bicyclic) bond motifs is 4. The van der Waals surface area contributed by atoms with E-state index in [0.717, 1.165) is 74.8 Å². The fourth-order valence-electron chi connectivity index (χ4n) is 7.41. The smallest absolute Gasteiger partial charge is 0.218 e. The first-order valence-corrected chi connectivity index (χ1v) is 16.8. The fraction of sp³-hybridized carbons (Fsp3) is 0.412. The second-order valence-electron chi connectivity index (χ2n) is 12.3. The lowest BCUT2D eigenvalue weighted by Crippen LogP contribution is -2.38. The lowest BCUT2D eigenvalue weighted by molar-refractivity contribution is 0.138. The average molecular weight is 652 g/mol. The summed E-state index contributed by atoms with van der Waals surface area (Å²) in [6.45, 7) is 5.34. The molecule has 1 spiro atoms. The van der Waals surface area contributed by atoms with E-state index < -0.39 is 5.41 Å². The number of anilines is 1. The third-order valence-electron chi connectivity index (χ3n) is 9.58. The molecule has 47 heavy (non-hydrogen) atoms. The first-order chi connectivity index (χ1) is 22.9. The summed E-state index contributed by atoms with van der Waals surface area (Å²) in [5.74, 6) is 2.01. The zero-order valence-corrected chi connectivity index (χ0v) is 27.1. The van der Waals surface area contributed by atoms with E-state index in [0.29, 0.717) is 45.2 Å². The highest BCUT2D eigenvalue weighted by Gasteiger charge is 2.48. The first-order valence-electron chi connectivity index (χ1n) is 16.0. The minimum atomic E-state index is -0.457. The standard InChI is InChI=1S/C34H37N9O3S/c1-3-25(24-8-6-15-43(24)2)45-27-17-23(22(36)10-13-38-19-28-39-14-16-44-28)40-33(41-27)30-20-7-4-11-34(31(20)46-42-30)12-5-9-26-29(34)21(18-35)32(37)47-26/h3,10,13-14,16-17,24-25H,1,4-9,11-12,15,19,36-37H2,2H3/b22-10-,38-13?/t24-,25-,34-/m0/s1. The number of nitrogen functional groups attached to an aromatic ring is 1. The van der Waals surface area contributed by atoms with Crippen LogP contribution in [0.1, 0.15) is 77.4 Å². The number of nitriles is 1. The summed E-state index contributed by atoms with van der Waals surface area (Å²) < 4.78 is 18.0. The van der Waals surface area contributed by atoms with Gasteiger partial charge in [0.25, 0.3) is 0 Å². The van der Waals surface area contributed by atoms with Crippen molar-refractivity contribution < 1.29 is 13.7 Å². The molecule has 12 nitrogen and oxygen atoms in total. The molecule has 3 aliphatic rings. The Bertz CT molecular complexity index is 1880. The van der Waals surface area contributed by atoms with Crippen LogP contribution in [-0.4, -0.2) is 57.0 Å². The maximum atomic E-state index is 10.1. The maximum Gasteiger partial charge on any atom is 0.218 e. The lowest BCUT2D eigenvalue weighted by atomic mass is 9.63. The molecular weight excluding hydrogens is 615 g/mol. The molecule has 5 heterocycles. The predicted molar refractivity (Wildman–Crippen MR) is 179 cm³/mol. The van der Waals surface area contributed by atoms with E-state index in [2.05, 4.69) is 39.7 Å². The Morgan fingerprint density at radius 1 is 1.32 bits per heavy atom. The number of hydrogen-bond donors (Lipinski definition) is 2. The predicted octanol–water partition coefficient (Wildman–Crippen LogP) is 5.19. The lowest BCUT2D eigenvalue weighted by Gasteiger charge is -2.39. The van der Waals surface area contributed by atoms with Crippen LogP contribution in [0.3, 0.4) is 0 Å². The van der Waals surface area contributed by atoms with Crippen LogP contribution < -0.4 is 16.2 Å². The number of nitrogens with two attached hydrogens (primary N) is 2. The van der Waals surface area contributed by atoms with Crippen molar-refractivity contribution in [3.63, 3.8) is 0 Å². The van der Waals surface area contributed by atoms with Crippen LogP contribution in [0.5, 0.6) is 5.88 Å². The van der Waals surface area contributed by atoms with Crippen molar-refractivity contribution in [1.82, 2.24) is 25.0 Å². The minimum Gasteiger partial charge on any atom is -0.468 e. The van der Waals surface area contributed by atoms with Crippen molar-refractivity contribution in [2.75, 3.05) is 19.3 Å². The van der Waals surface area contributed by atoms with Crippen molar-refractivity contribution >= 4 is 28.2 Å². The molecule has 1 fully saturated rings. The molecule has 0 amide bonds. The van der Waals surface area contributed by atoms with Crippen molar-refractivity contribution in [1.29, 1.82) is 5.26 Å². The fourth-order valence-corrected chi connectivity index (χ4v) is 8.57. The Morgan fingerprint density at radius 2 is 2.17 bits per heavy atom. The number of thiophene rings is 1. The quantitative estimate of drug-likeness (QED) is 0.180. The Kier molecular flexibility index (Phi) is 8.38. The van der Waals surface area contributed by atoms with Gasteiger partial charge in [0.15, 0.2) is 17.3 Å². The van der Waals surface area contributed by atoms with Gasteiger partial charge in [-0.3, -0.25) is 9.89 Å². The van der Waals surface area contributed by atoms with Crippen LogP contribution >= 0.6 is 11.3 Å². The van der Waals surface area contributed by atoms with E-state index in [1.165, 1.54) is 22.5 Å². The number of rotatable bonds is 9. The SMILES string of the molecule is C=C[C@H](Oc1cc(/C(N)=C/C=NCc2ncco2)nc(-c2noc3c2CCC[C@@]32CCCc3sc(N)c(C#N)c32)n1)[C@@H]1CCCN1C. The molecule has 4 aromatic rings. The van der Waals surface area contributed by atoms with E-state index in [1.807, 2.05) is 6.08 Å². The molecule has 0 bridgehead atoms. The molecule has 1 saturated heterocycles. The van der Waals surface area contributed by atoms with Gasteiger partial charge in [-0.15, -0.1) is 11.3 Å². The number of aryl methyl sites for hydroxylation is 1. The molecule has 4 aromatic heterocycles. The molecule has 4 N–H and O–H groups in total. The normalized spacial score (nSPS) is 21.9. The van der Waals surface area contributed by atoms with E-state index in [4.69, 9.17) is 35.1 Å². The summed E-state index contributed by atoms with van der Waals surface area (Å²) in [4.78, 5) is 21.6. The van der Waals surface area contributed by atoms with Crippen LogP contribution in [0.15, 0.2) is 51.2 Å². The van der Waals surface area contributed by atoms with Crippen molar-refractivity contribution in [2.45, 2.75) is 75.5 Å². The van der Waals surface area contributed by atoms with Gasteiger partial charge in [0, 0.05) is 22.7 Å². The highest BCUT2D eigenvalue weighted by atomic mass is 32.1. The maximum absolute atomic E-state index is 10.1. The largest absolute Gasteiger partial charge is 0.468 e. The molecule has 7 rings (SSSR count). The number of allylic oxidation sites excluding steroid dienone is 1. The highest BCUT2D eigenvalue weighted by molar-refractivity contribution is 7.16. The van der Waals surface area contributed by atoms with Gasteiger partial charge in [0.1, 0.15) is 30.0 Å². The third-order valence-corrected chi connectivity index (χ3v) is 10.7. The number of likely N-dealkylation sites (N-methyl/N-ethyl adjacent to an activating group) is 1. The number of aliphatic imine (C=N–C) groups is 1. The molecule has 13 heteroatoms. The van der Waals surface area contributed by atoms with Crippen LogP contribution in [-0.2, 0) is 24.8 Å². The molecule has 1 aliphatic heterocycles. The summed E-state index contributed by atoms with van der Waals surface area (Å²) >= 11 is 1.52. The van der Waals surface area contributed by atoms with Crippen LogP contribution in [0.4, 0.5) is 5.00 Å². The molecular formula is C34H37N9O3S. The number of hydrogen-bond acceptors (Lipinski definition) is 13. The zero-order chi connectivity index (χ0) is 32.5. The number of aromatic nitrogens is 4. The van der Waals surface area contributed by atoms with E-state index in [1.54, 1.807) is 24.6 Å². The summed E-state index contributed by atoms with van der Waals surface area (Å²) in [5, 5.41) is 15.2. The Morgan fingerprint density at radius 3 is 2.91 bits per heavy atom. The summed E-state index contributed by atoms with van der Waals surface area (Å²) in [7, 11) is 2.10. The molecule has 0 aromatic carbocycles. The molecule has 0 radical (unpaired) electrons. The zero-order valence-electron chi connectivity index (χ0n) is 26.3. The van der Waals surface area contributed by atoms with Crippen LogP contribution in [0.2, 0.25) is 0 Å². The summed E-state index contributed by atoms with van der Waals surface area (Å²) in [6.07, 6.45) is 15.3. The highest BCUT2D eigenvalue weighted by Crippen LogP contribution is 2.55. The van der Waals surface area contributed by atoms with Gasteiger partial charge in [-0.2, -0.15) is 10.2 Å². The Labute approximate surface area is 276 Å². The van der Waals surface area contributed by atoms with Crippen molar-refractivity contribution in [3.8, 4) is 23.5 Å². The topological polar surface area (TPSA) is 178 Å². The second kappa shape index (κ2) is 12.8. The van der Waals surface area contributed by atoms with Crippen LogP contribution in [0.25, 0.3) is 17.2 Å². The average Bonchev–Trinajstić information content (AvgIpc) is 3.89. The van der Waals surface area contributed by atoms with E-state index >= 15 is 0 Å². The number of nitrogens with zero attached hydrogens (tertiary/aromatic N) is 7. The third kappa shape index (κ3) is 5.61. The molecule has 0 unspecified atom stereocenters. The molecule has 242 valence electrons. The van der Waals surface area contributed by atoms with Crippen molar-refractivity contribution in [3.05, 3.63) is 76.2 Å². The van der Waals surface area contributed by atoms with Gasteiger partial charge >= 0.3 is 0 Å². The van der Waals surface area contributed by atoms with Gasteiger partial charge < -0.3 is 25.1 Å². The molecule has 0 saturated carbocycles. The molecule has 3 atom stereocenters. The second-order valence-corrected chi connectivity index (χ2v) is 13.5. The Hall–Kier alpha value is -4.80. The van der Waals surface area contributed by atoms with E-state index in [-0.39, 0.29) is 18.7 Å².